The van der Waals surface area contributed by atoms with Crippen molar-refractivity contribution in [2.75, 3.05) is 20.3 Å². The number of benzene rings is 1. The number of esters is 1. The second-order valence-electron chi connectivity index (χ2n) is 4.04. The molecular weight excluding hydrogens is 277 g/mol. The molecule has 20 heavy (non-hydrogen) atoms. The molecule has 0 aliphatic carbocycles. The predicted octanol–water partition coefficient (Wildman–Crippen LogP) is 2.26. The third-order valence-corrected chi connectivity index (χ3v) is 2.64. The smallest absolute Gasteiger partial charge is 0.419 e. The monoisotopic (exact) mass is 292 g/mol. The normalized spacial score (nSPS) is 12.8. The third-order valence-electron chi connectivity index (χ3n) is 2.64. The van der Waals surface area contributed by atoms with Gasteiger partial charge in [-0.25, -0.2) is 0 Å². The van der Waals surface area contributed by atoms with E-state index in [1.807, 2.05) is 0 Å². The minimum Gasteiger partial charge on any atom is -0.492 e. The van der Waals surface area contributed by atoms with Gasteiger partial charge in [0.2, 0.25) is 0 Å². The van der Waals surface area contributed by atoms with Crippen LogP contribution in [0, 0.1) is 5.92 Å². The zero-order chi connectivity index (χ0) is 15.2. The van der Waals surface area contributed by atoms with Crippen molar-refractivity contribution in [2.24, 2.45) is 5.92 Å². The van der Waals surface area contributed by atoms with Gasteiger partial charge in [-0.3, -0.25) is 4.79 Å². The van der Waals surface area contributed by atoms with Crippen molar-refractivity contribution in [1.82, 2.24) is 0 Å². The van der Waals surface area contributed by atoms with E-state index in [2.05, 4.69) is 4.74 Å². The quantitative estimate of drug-likeness (QED) is 0.817. The summed E-state index contributed by atoms with van der Waals surface area (Å²) in [4.78, 5) is 11.4. The molecule has 0 saturated heterocycles. The maximum Gasteiger partial charge on any atom is 0.419 e. The number of para-hydroxylation sites is 1. The van der Waals surface area contributed by atoms with Crippen LogP contribution in [0.4, 0.5) is 13.2 Å². The lowest BCUT2D eigenvalue weighted by atomic mass is 10.1. The standard InChI is InChI=1S/C13H15F3O4/c1-19-12(18)9(6-7-17)8-20-11-5-3-2-4-10(11)13(14,15)16/h2-5,9,17H,6-8H2,1H3. The Morgan fingerprint density at radius 3 is 2.55 bits per heavy atom. The summed E-state index contributed by atoms with van der Waals surface area (Å²) >= 11 is 0. The van der Waals surface area contributed by atoms with Gasteiger partial charge in [-0.1, -0.05) is 12.1 Å². The zero-order valence-electron chi connectivity index (χ0n) is 10.8. The number of carbonyl (C=O) groups is 1. The van der Waals surface area contributed by atoms with E-state index in [9.17, 15) is 18.0 Å². The molecule has 0 bridgehead atoms. The van der Waals surface area contributed by atoms with Crippen molar-refractivity contribution in [3.8, 4) is 5.75 Å². The lowest BCUT2D eigenvalue weighted by molar-refractivity contribution is -0.147. The number of carbonyl (C=O) groups excluding carboxylic acids is 1. The van der Waals surface area contributed by atoms with Gasteiger partial charge in [0.15, 0.2) is 0 Å². The Morgan fingerprint density at radius 2 is 2.00 bits per heavy atom. The van der Waals surface area contributed by atoms with Gasteiger partial charge in [-0.15, -0.1) is 0 Å². The number of hydrogen-bond donors (Lipinski definition) is 1. The number of alkyl halides is 3. The molecule has 1 N–H and O–H groups in total. The number of aliphatic hydroxyl groups excluding tert-OH is 1. The Labute approximate surface area is 114 Å². The first kappa shape index (κ1) is 16.3. The van der Waals surface area contributed by atoms with Crippen molar-refractivity contribution >= 4 is 5.97 Å². The van der Waals surface area contributed by atoms with Gasteiger partial charge in [0.05, 0.1) is 18.6 Å². The molecule has 1 atom stereocenters. The molecule has 0 amide bonds. The molecular formula is C13H15F3O4. The predicted molar refractivity (Wildman–Crippen MR) is 64.1 cm³/mol. The van der Waals surface area contributed by atoms with E-state index < -0.39 is 23.6 Å². The SMILES string of the molecule is COC(=O)C(CCO)COc1ccccc1C(F)(F)F. The highest BCUT2D eigenvalue weighted by Gasteiger charge is 2.34. The highest BCUT2D eigenvalue weighted by molar-refractivity contribution is 5.72. The van der Waals surface area contributed by atoms with Gasteiger partial charge >= 0.3 is 12.1 Å². The summed E-state index contributed by atoms with van der Waals surface area (Å²) in [6.07, 6.45) is -4.48. The van der Waals surface area contributed by atoms with Crippen LogP contribution < -0.4 is 4.74 Å². The van der Waals surface area contributed by atoms with Crippen molar-refractivity contribution < 1.29 is 32.5 Å². The van der Waals surface area contributed by atoms with Gasteiger partial charge < -0.3 is 14.6 Å². The Balaban J connectivity index is 2.80. The molecule has 1 unspecified atom stereocenters. The van der Waals surface area contributed by atoms with Gasteiger partial charge in [0, 0.05) is 6.61 Å². The van der Waals surface area contributed by atoms with E-state index in [0.717, 1.165) is 13.2 Å². The molecule has 1 rings (SSSR count). The summed E-state index contributed by atoms with van der Waals surface area (Å²) < 4.78 is 47.8. The molecule has 0 aromatic heterocycles. The number of halogens is 3. The molecule has 7 heteroatoms. The Morgan fingerprint density at radius 1 is 1.35 bits per heavy atom. The first-order valence-corrected chi connectivity index (χ1v) is 5.87. The molecule has 0 aliphatic heterocycles. The van der Waals surface area contributed by atoms with E-state index in [1.54, 1.807) is 0 Å². The van der Waals surface area contributed by atoms with Crippen LogP contribution in [0.1, 0.15) is 12.0 Å². The van der Waals surface area contributed by atoms with Crippen LogP contribution in [0.2, 0.25) is 0 Å². The van der Waals surface area contributed by atoms with Crippen molar-refractivity contribution in [3.05, 3.63) is 29.8 Å². The summed E-state index contributed by atoms with van der Waals surface area (Å²) in [7, 11) is 1.16. The van der Waals surface area contributed by atoms with Gasteiger partial charge in [0.25, 0.3) is 0 Å². The third kappa shape index (κ3) is 4.41. The Hall–Kier alpha value is -1.76. The van der Waals surface area contributed by atoms with Crippen LogP contribution in [0.5, 0.6) is 5.75 Å². The van der Waals surface area contributed by atoms with Gasteiger partial charge in [-0.2, -0.15) is 13.2 Å². The molecule has 0 heterocycles. The van der Waals surface area contributed by atoms with E-state index in [4.69, 9.17) is 9.84 Å². The number of ether oxygens (including phenoxy) is 2. The summed E-state index contributed by atoms with van der Waals surface area (Å²) in [5.74, 6) is -1.80. The number of methoxy groups -OCH3 is 1. The molecule has 112 valence electrons. The molecule has 1 aromatic rings. The lowest BCUT2D eigenvalue weighted by Crippen LogP contribution is -2.25. The molecule has 1 aromatic carbocycles. The average molecular weight is 292 g/mol. The number of rotatable bonds is 6. The second-order valence-corrected chi connectivity index (χ2v) is 4.04. The second kappa shape index (κ2) is 7.14. The summed E-state index contributed by atoms with van der Waals surface area (Å²) in [5, 5.41) is 8.82. The number of aliphatic hydroxyl groups is 1. The fraction of sp³-hybridized carbons (Fsp3) is 0.462. The zero-order valence-corrected chi connectivity index (χ0v) is 10.8. The molecule has 0 spiro atoms. The van der Waals surface area contributed by atoms with Crippen LogP contribution in [0.25, 0.3) is 0 Å². The van der Waals surface area contributed by atoms with Crippen molar-refractivity contribution in [3.63, 3.8) is 0 Å². The van der Waals surface area contributed by atoms with Crippen LogP contribution in [0.15, 0.2) is 24.3 Å². The van der Waals surface area contributed by atoms with E-state index in [1.165, 1.54) is 18.2 Å². The largest absolute Gasteiger partial charge is 0.492 e. The average Bonchev–Trinajstić information content (AvgIpc) is 2.42. The highest BCUT2D eigenvalue weighted by atomic mass is 19.4. The fourth-order valence-corrected chi connectivity index (χ4v) is 1.61. The fourth-order valence-electron chi connectivity index (χ4n) is 1.61. The maximum absolute atomic E-state index is 12.7. The van der Waals surface area contributed by atoms with Crippen molar-refractivity contribution in [1.29, 1.82) is 0 Å². The van der Waals surface area contributed by atoms with E-state index >= 15 is 0 Å². The molecule has 0 fully saturated rings. The molecule has 4 nitrogen and oxygen atoms in total. The van der Waals surface area contributed by atoms with Crippen LogP contribution in [-0.4, -0.2) is 31.4 Å². The maximum atomic E-state index is 12.7. The first-order chi connectivity index (χ1) is 9.40. The first-order valence-electron chi connectivity index (χ1n) is 5.87. The van der Waals surface area contributed by atoms with E-state index in [-0.39, 0.29) is 25.4 Å². The van der Waals surface area contributed by atoms with Gasteiger partial charge in [0.1, 0.15) is 12.4 Å². The van der Waals surface area contributed by atoms with Crippen LogP contribution >= 0.6 is 0 Å². The minimum atomic E-state index is -4.53. The summed E-state index contributed by atoms with van der Waals surface area (Å²) in [6, 6.07) is 4.73. The molecule has 0 aliphatic rings. The summed E-state index contributed by atoms with van der Waals surface area (Å²) in [6.45, 7) is -0.579. The van der Waals surface area contributed by atoms with Gasteiger partial charge in [-0.05, 0) is 18.6 Å². The van der Waals surface area contributed by atoms with Crippen molar-refractivity contribution in [2.45, 2.75) is 12.6 Å². The molecule has 0 saturated carbocycles. The van der Waals surface area contributed by atoms with Crippen LogP contribution in [-0.2, 0) is 15.7 Å². The Bertz CT molecular complexity index is 445. The lowest BCUT2D eigenvalue weighted by Gasteiger charge is -2.17. The molecule has 0 radical (unpaired) electrons. The summed E-state index contributed by atoms with van der Waals surface area (Å²) in [5.41, 5.74) is -0.910. The highest BCUT2D eigenvalue weighted by Crippen LogP contribution is 2.36. The van der Waals surface area contributed by atoms with Crippen LogP contribution in [0.3, 0.4) is 0 Å². The van der Waals surface area contributed by atoms with E-state index in [0.29, 0.717) is 0 Å². The number of hydrogen-bond acceptors (Lipinski definition) is 4. The Kier molecular flexibility index (Phi) is 5.82. The minimum absolute atomic E-state index is 0.0564. The topological polar surface area (TPSA) is 55.8 Å².